The van der Waals surface area contributed by atoms with Crippen LogP contribution in [0.5, 0.6) is 0 Å². The third kappa shape index (κ3) is 2.14. The molecule has 0 saturated heterocycles. The summed E-state index contributed by atoms with van der Waals surface area (Å²) in [5.41, 5.74) is 6.90. The minimum absolute atomic E-state index is 0.164. The Labute approximate surface area is 113 Å². The van der Waals surface area contributed by atoms with Gasteiger partial charge in [0.1, 0.15) is 17.3 Å². The van der Waals surface area contributed by atoms with Gasteiger partial charge in [0, 0.05) is 22.8 Å². The Morgan fingerprint density at radius 1 is 0.900 bits per heavy atom. The van der Waals surface area contributed by atoms with E-state index in [2.05, 4.69) is 5.16 Å². The number of aromatic nitrogens is 1. The molecule has 2 aromatic carbocycles. The van der Waals surface area contributed by atoms with Gasteiger partial charge >= 0.3 is 0 Å². The average Bonchev–Trinajstić information content (AvgIpc) is 2.87. The van der Waals surface area contributed by atoms with E-state index < -0.39 is 11.6 Å². The van der Waals surface area contributed by atoms with Gasteiger partial charge in [-0.25, -0.2) is 8.78 Å². The van der Waals surface area contributed by atoms with E-state index in [1.54, 1.807) is 12.1 Å². The smallest absolute Gasteiger partial charge is 0.222 e. The molecule has 0 spiro atoms. The molecule has 0 fully saturated rings. The summed E-state index contributed by atoms with van der Waals surface area (Å²) in [6, 6.07) is 11.9. The molecule has 0 saturated carbocycles. The summed E-state index contributed by atoms with van der Waals surface area (Å²) >= 11 is 0. The molecule has 0 bridgehead atoms. The van der Waals surface area contributed by atoms with Crippen molar-refractivity contribution in [3.63, 3.8) is 0 Å². The average molecular weight is 272 g/mol. The molecule has 20 heavy (non-hydrogen) atoms. The number of nitrogen functional groups attached to an aromatic ring is 1. The molecule has 3 rings (SSSR count). The second-order valence-electron chi connectivity index (χ2n) is 4.29. The molecule has 0 radical (unpaired) electrons. The first-order chi connectivity index (χ1) is 9.65. The lowest BCUT2D eigenvalue weighted by atomic mass is 10.0. The fraction of sp³-hybridized carbons (Fsp3) is 0. The lowest BCUT2D eigenvalue weighted by molar-refractivity contribution is 0.439. The van der Waals surface area contributed by atoms with Crippen LogP contribution >= 0.6 is 0 Å². The monoisotopic (exact) mass is 272 g/mol. The van der Waals surface area contributed by atoms with Crippen LogP contribution in [-0.4, -0.2) is 5.16 Å². The first-order valence-corrected chi connectivity index (χ1v) is 5.92. The first-order valence-electron chi connectivity index (χ1n) is 5.92. The molecular formula is C15H10F2N2O. The molecule has 0 atom stereocenters. The van der Waals surface area contributed by atoms with Crippen molar-refractivity contribution in [3.8, 4) is 22.4 Å². The molecular weight excluding hydrogens is 262 g/mol. The predicted octanol–water partition coefficient (Wildman–Crippen LogP) is 3.87. The van der Waals surface area contributed by atoms with E-state index in [1.807, 2.05) is 0 Å². The maximum Gasteiger partial charge on any atom is 0.222 e. The van der Waals surface area contributed by atoms with Gasteiger partial charge in [0.15, 0.2) is 0 Å². The lowest BCUT2D eigenvalue weighted by Gasteiger charge is -2.06. The Bertz CT molecular complexity index is 768. The van der Waals surface area contributed by atoms with Crippen LogP contribution in [0, 0.1) is 11.6 Å². The lowest BCUT2D eigenvalue weighted by Crippen LogP contribution is -1.89. The van der Waals surface area contributed by atoms with Gasteiger partial charge in [0.25, 0.3) is 0 Å². The van der Waals surface area contributed by atoms with Crippen molar-refractivity contribution < 1.29 is 13.3 Å². The molecule has 2 N–H and O–H groups in total. The number of hydrogen-bond acceptors (Lipinski definition) is 3. The Hall–Kier alpha value is -2.69. The molecule has 0 aliphatic carbocycles. The van der Waals surface area contributed by atoms with E-state index in [9.17, 15) is 8.78 Å². The van der Waals surface area contributed by atoms with Crippen LogP contribution in [0.15, 0.2) is 53.1 Å². The molecule has 0 aliphatic rings. The number of nitrogens with zero attached hydrogens (tertiary/aromatic N) is 1. The van der Waals surface area contributed by atoms with Crippen molar-refractivity contribution in [3.05, 3.63) is 60.2 Å². The van der Waals surface area contributed by atoms with E-state index in [1.165, 1.54) is 36.4 Å². The molecule has 0 aliphatic heterocycles. The normalized spacial score (nSPS) is 10.7. The summed E-state index contributed by atoms with van der Waals surface area (Å²) in [6.07, 6.45) is 0. The van der Waals surface area contributed by atoms with Crippen molar-refractivity contribution in [1.82, 2.24) is 5.16 Å². The Morgan fingerprint density at radius 3 is 2.35 bits per heavy atom. The van der Waals surface area contributed by atoms with Crippen molar-refractivity contribution in [2.75, 3.05) is 5.73 Å². The zero-order valence-corrected chi connectivity index (χ0v) is 10.3. The molecule has 1 heterocycles. The number of benzene rings is 2. The molecule has 3 nitrogen and oxygen atoms in total. The van der Waals surface area contributed by atoms with Gasteiger partial charge < -0.3 is 10.3 Å². The largest absolute Gasteiger partial charge is 0.368 e. The molecule has 0 unspecified atom stereocenters. The SMILES string of the molecule is Nc1cc(-c2ccc(F)c(-c3ccccc3F)c2)no1. The number of nitrogens with two attached hydrogens (primary N) is 1. The number of anilines is 1. The molecule has 5 heteroatoms. The van der Waals surface area contributed by atoms with Crippen molar-refractivity contribution in [2.24, 2.45) is 0 Å². The highest BCUT2D eigenvalue weighted by Crippen LogP contribution is 2.30. The zero-order valence-electron chi connectivity index (χ0n) is 10.3. The van der Waals surface area contributed by atoms with Crippen LogP contribution in [0.1, 0.15) is 0 Å². The quantitative estimate of drug-likeness (QED) is 0.770. The Kier molecular flexibility index (Phi) is 2.95. The van der Waals surface area contributed by atoms with Gasteiger partial charge in [-0.1, -0.05) is 23.4 Å². The van der Waals surface area contributed by atoms with E-state index >= 15 is 0 Å². The fourth-order valence-corrected chi connectivity index (χ4v) is 2.00. The highest BCUT2D eigenvalue weighted by molar-refractivity contribution is 5.72. The maximum atomic E-state index is 13.9. The van der Waals surface area contributed by atoms with Gasteiger partial charge in [-0.15, -0.1) is 0 Å². The topological polar surface area (TPSA) is 52.0 Å². The van der Waals surface area contributed by atoms with Gasteiger partial charge in [0.05, 0.1) is 0 Å². The fourth-order valence-electron chi connectivity index (χ4n) is 2.00. The van der Waals surface area contributed by atoms with E-state index in [0.717, 1.165) is 0 Å². The van der Waals surface area contributed by atoms with Crippen molar-refractivity contribution in [1.29, 1.82) is 0 Å². The van der Waals surface area contributed by atoms with Crippen molar-refractivity contribution in [2.45, 2.75) is 0 Å². The molecule has 3 aromatic rings. The zero-order chi connectivity index (χ0) is 14.1. The van der Waals surface area contributed by atoms with Crippen molar-refractivity contribution >= 4 is 5.88 Å². The third-order valence-electron chi connectivity index (χ3n) is 2.95. The van der Waals surface area contributed by atoms with Crippen LogP contribution in [0.4, 0.5) is 14.7 Å². The summed E-state index contributed by atoms with van der Waals surface area (Å²) < 4.78 is 32.5. The highest BCUT2D eigenvalue weighted by Gasteiger charge is 2.12. The molecule has 1 aromatic heterocycles. The van der Waals surface area contributed by atoms with Crippen LogP contribution < -0.4 is 5.73 Å². The first kappa shape index (κ1) is 12.3. The summed E-state index contributed by atoms with van der Waals surface area (Å²) in [6.45, 7) is 0. The summed E-state index contributed by atoms with van der Waals surface area (Å²) in [7, 11) is 0. The summed E-state index contributed by atoms with van der Waals surface area (Å²) in [5, 5.41) is 3.76. The highest BCUT2D eigenvalue weighted by atomic mass is 19.1. The third-order valence-corrected chi connectivity index (χ3v) is 2.95. The second kappa shape index (κ2) is 4.77. The van der Waals surface area contributed by atoms with Gasteiger partial charge in [-0.3, -0.25) is 0 Å². The Morgan fingerprint density at radius 2 is 1.65 bits per heavy atom. The van der Waals surface area contributed by atoms with Crippen LogP contribution in [0.2, 0.25) is 0 Å². The van der Waals surface area contributed by atoms with Gasteiger partial charge in [-0.05, 0) is 24.3 Å². The molecule has 100 valence electrons. The van der Waals surface area contributed by atoms with Crippen LogP contribution in [-0.2, 0) is 0 Å². The Balaban J connectivity index is 2.15. The standard InChI is InChI=1S/C15H10F2N2O/c16-12-4-2-1-3-10(12)11-7-9(5-6-13(11)17)14-8-15(18)20-19-14/h1-8H,18H2. The predicted molar refractivity (Wildman–Crippen MR) is 71.7 cm³/mol. The minimum Gasteiger partial charge on any atom is -0.368 e. The van der Waals surface area contributed by atoms with E-state index in [-0.39, 0.29) is 17.0 Å². The number of hydrogen-bond donors (Lipinski definition) is 1. The second-order valence-corrected chi connectivity index (χ2v) is 4.29. The maximum absolute atomic E-state index is 13.9. The minimum atomic E-state index is -0.504. The summed E-state index contributed by atoms with van der Waals surface area (Å²) in [5.74, 6) is -0.824. The molecule has 0 amide bonds. The van der Waals surface area contributed by atoms with Gasteiger partial charge in [0.2, 0.25) is 5.88 Å². The van der Waals surface area contributed by atoms with Crippen LogP contribution in [0.3, 0.4) is 0 Å². The van der Waals surface area contributed by atoms with E-state index in [4.69, 9.17) is 10.3 Å². The number of rotatable bonds is 2. The number of halogens is 2. The van der Waals surface area contributed by atoms with Gasteiger partial charge in [-0.2, -0.15) is 0 Å². The van der Waals surface area contributed by atoms with Crippen LogP contribution in [0.25, 0.3) is 22.4 Å². The summed E-state index contributed by atoms with van der Waals surface area (Å²) in [4.78, 5) is 0. The van der Waals surface area contributed by atoms with E-state index in [0.29, 0.717) is 11.3 Å².